The average Bonchev–Trinajstić information content (AvgIpc) is 3.09. The highest BCUT2D eigenvalue weighted by atomic mass is 32.1. The van der Waals surface area contributed by atoms with Crippen molar-refractivity contribution in [3.8, 4) is 11.8 Å². The molecular weight excluding hydrogens is 298 g/mol. The Morgan fingerprint density at radius 1 is 1.41 bits per heavy atom. The van der Waals surface area contributed by atoms with Crippen LogP contribution in [-0.4, -0.2) is 21.9 Å². The minimum Gasteiger partial charge on any atom is -0.443 e. The second-order valence-corrected chi connectivity index (χ2v) is 5.87. The van der Waals surface area contributed by atoms with Crippen LogP contribution in [0.4, 0.5) is 0 Å². The Labute approximate surface area is 131 Å². The van der Waals surface area contributed by atoms with Crippen LogP contribution in [0, 0.1) is 18.3 Å². The lowest BCUT2D eigenvalue weighted by atomic mass is 10.3. The van der Waals surface area contributed by atoms with E-state index in [1.165, 1.54) is 11.3 Å². The minimum absolute atomic E-state index is 0.474. The van der Waals surface area contributed by atoms with E-state index in [1.54, 1.807) is 13.0 Å². The van der Waals surface area contributed by atoms with Gasteiger partial charge in [0.25, 0.3) is 0 Å². The fourth-order valence-electron chi connectivity index (χ4n) is 2.14. The molecule has 1 aromatic carbocycles. The van der Waals surface area contributed by atoms with Crippen LogP contribution in [0.25, 0.3) is 15.9 Å². The summed E-state index contributed by atoms with van der Waals surface area (Å²) in [5, 5.41) is 14.2. The van der Waals surface area contributed by atoms with E-state index in [4.69, 9.17) is 10.00 Å². The van der Waals surface area contributed by atoms with Crippen molar-refractivity contribution in [2.24, 2.45) is 0 Å². The third-order valence-electron chi connectivity index (χ3n) is 3.21. The Bertz CT molecular complexity index is 874. The number of carbonyl (C=O) groups is 1. The molecule has 1 atom stereocenters. The number of hydrogen-bond acceptors (Lipinski definition) is 5. The van der Waals surface area contributed by atoms with Gasteiger partial charge in [-0.05, 0) is 32.0 Å². The number of para-hydroxylation sites is 1. The number of esters is 1. The molecule has 2 aromatic heterocycles. The van der Waals surface area contributed by atoms with E-state index in [9.17, 15) is 4.79 Å². The maximum Gasteiger partial charge on any atom is 0.349 e. The highest BCUT2D eigenvalue weighted by Gasteiger charge is 2.19. The van der Waals surface area contributed by atoms with Crippen LogP contribution in [0.5, 0.6) is 0 Å². The van der Waals surface area contributed by atoms with Gasteiger partial charge < -0.3 is 4.74 Å². The SMILES string of the molecule is Cc1nn(-c2ccccc2)c2sc(C(=O)O[C@H](C)C#N)cc12. The molecule has 22 heavy (non-hydrogen) atoms. The van der Waals surface area contributed by atoms with Gasteiger partial charge in [-0.3, -0.25) is 0 Å². The Morgan fingerprint density at radius 3 is 2.82 bits per heavy atom. The van der Waals surface area contributed by atoms with E-state index >= 15 is 0 Å². The van der Waals surface area contributed by atoms with Crippen LogP contribution in [-0.2, 0) is 4.74 Å². The van der Waals surface area contributed by atoms with Gasteiger partial charge in [-0.2, -0.15) is 10.4 Å². The van der Waals surface area contributed by atoms with Crippen LogP contribution < -0.4 is 0 Å². The van der Waals surface area contributed by atoms with Gasteiger partial charge in [0.05, 0.1) is 11.4 Å². The zero-order valence-corrected chi connectivity index (χ0v) is 12.9. The Morgan fingerprint density at radius 2 is 2.14 bits per heavy atom. The third kappa shape index (κ3) is 2.47. The van der Waals surface area contributed by atoms with Crippen molar-refractivity contribution in [1.82, 2.24) is 9.78 Å². The Hall–Kier alpha value is -2.65. The number of ether oxygens (including phenoxy) is 1. The molecule has 0 radical (unpaired) electrons. The highest BCUT2D eigenvalue weighted by molar-refractivity contribution is 7.20. The van der Waals surface area contributed by atoms with E-state index in [1.807, 2.05) is 48.0 Å². The van der Waals surface area contributed by atoms with Gasteiger partial charge in [0.2, 0.25) is 0 Å². The molecule has 3 rings (SSSR count). The summed E-state index contributed by atoms with van der Waals surface area (Å²) in [5.41, 5.74) is 1.79. The van der Waals surface area contributed by atoms with Gasteiger partial charge in [-0.25, -0.2) is 9.48 Å². The molecule has 0 aliphatic heterocycles. The molecule has 0 aliphatic rings. The number of nitrogens with zero attached hydrogens (tertiary/aromatic N) is 3. The minimum atomic E-state index is -0.760. The number of carbonyl (C=O) groups excluding carboxylic acids is 1. The zero-order valence-electron chi connectivity index (χ0n) is 12.1. The van der Waals surface area contributed by atoms with Crippen molar-refractivity contribution < 1.29 is 9.53 Å². The van der Waals surface area contributed by atoms with Crippen LogP contribution in [0.3, 0.4) is 0 Å². The van der Waals surface area contributed by atoms with Gasteiger partial charge in [-0.1, -0.05) is 18.2 Å². The van der Waals surface area contributed by atoms with Crippen LogP contribution >= 0.6 is 11.3 Å². The van der Waals surface area contributed by atoms with E-state index in [2.05, 4.69) is 5.10 Å². The molecule has 5 nitrogen and oxygen atoms in total. The maximum atomic E-state index is 12.0. The summed E-state index contributed by atoms with van der Waals surface area (Å²) in [6.07, 6.45) is -0.760. The number of nitriles is 1. The second-order valence-electron chi connectivity index (χ2n) is 4.84. The van der Waals surface area contributed by atoms with Crippen molar-refractivity contribution in [1.29, 1.82) is 5.26 Å². The van der Waals surface area contributed by atoms with Crippen LogP contribution in [0.2, 0.25) is 0 Å². The first kappa shape index (κ1) is 14.3. The number of aromatic nitrogens is 2. The predicted molar refractivity (Wildman–Crippen MR) is 84.2 cm³/mol. The molecule has 110 valence electrons. The molecule has 0 aliphatic carbocycles. The van der Waals surface area contributed by atoms with Gasteiger partial charge in [0, 0.05) is 5.39 Å². The first-order valence-corrected chi connectivity index (χ1v) is 7.57. The maximum absolute atomic E-state index is 12.0. The zero-order chi connectivity index (χ0) is 15.7. The smallest absolute Gasteiger partial charge is 0.349 e. The molecule has 0 fully saturated rings. The van der Waals surface area contributed by atoms with E-state index in [0.717, 1.165) is 21.6 Å². The molecule has 3 aromatic rings. The molecule has 2 heterocycles. The van der Waals surface area contributed by atoms with Gasteiger partial charge >= 0.3 is 5.97 Å². The van der Waals surface area contributed by atoms with Gasteiger partial charge in [0.15, 0.2) is 6.10 Å². The normalized spacial score (nSPS) is 12.0. The molecular formula is C16H13N3O2S. The predicted octanol–water partition coefficient (Wildman–Crippen LogP) is 3.46. The summed E-state index contributed by atoms with van der Waals surface area (Å²) in [6.45, 7) is 3.45. The van der Waals surface area contributed by atoms with Crippen molar-refractivity contribution >= 4 is 27.5 Å². The average molecular weight is 311 g/mol. The van der Waals surface area contributed by atoms with Gasteiger partial charge in [0.1, 0.15) is 15.8 Å². The molecule has 0 N–H and O–H groups in total. The van der Waals surface area contributed by atoms with Crippen LogP contribution in [0.15, 0.2) is 36.4 Å². The summed E-state index contributed by atoms with van der Waals surface area (Å²) in [4.78, 5) is 13.4. The number of rotatable bonds is 3. The van der Waals surface area contributed by atoms with Gasteiger partial charge in [-0.15, -0.1) is 11.3 Å². The van der Waals surface area contributed by atoms with Crippen molar-refractivity contribution in [3.05, 3.63) is 47.0 Å². The molecule has 0 saturated heterocycles. The van der Waals surface area contributed by atoms with Crippen molar-refractivity contribution in [3.63, 3.8) is 0 Å². The lowest BCUT2D eigenvalue weighted by Gasteiger charge is -2.03. The lowest BCUT2D eigenvalue weighted by molar-refractivity contribution is 0.0441. The summed E-state index contributed by atoms with van der Waals surface area (Å²) < 4.78 is 6.87. The first-order chi connectivity index (χ1) is 10.6. The largest absolute Gasteiger partial charge is 0.443 e. The summed E-state index contributed by atoms with van der Waals surface area (Å²) >= 11 is 1.32. The highest BCUT2D eigenvalue weighted by Crippen LogP contribution is 2.30. The number of hydrogen-bond donors (Lipinski definition) is 0. The lowest BCUT2D eigenvalue weighted by Crippen LogP contribution is -2.11. The Kier molecular flexibility index (Phi) is 3.65. The topological polar surface area (TPSA) is 67.9 Å². The molecule has 0 amide bonds. The monoisotopic (exact) mass is 311 g/mol. The van der Waals surface area contributed by atoms with Crippen molar-refractivity contribution in [2.45, 2.75) is 20.0 Å². The second kappa shape index (κ2) is 5.62. The summed E-state index contributed by atoms with van der Waals surface area (Å²) in [5.74, 6) is -0.478. The fourth-order valence-corrected chi connectivity index (χ4v) is 3.20. The number of thiophene rings is 1. The quantitative estimate of drug-likeness (QED) is 0.695. The van der Waals surface area contributed by atoms with Crippen molar-refractivity contribution in [2.75, 3.05) is 0 Å². The summed E-state index contributed by atoms with van der Waals surface area (Å²) in [7, 11) is 0. The first-order valence-electron chi connectivity index (χ1n) is 6.75. The van der Waals surface area contributed by atoms with E-state index < -0.39 is 12.1 Å². The fraction of sp³-hybridized carbons (Fsp3) is 0.188. The number of benzene rings is 1. The number of fused-ring (bicyclic) bond motifs is 1. The third-order valence-corrected chi connectivity index (χ3v) is 4.30. The van der Waals surface area contributed by atoms with Crippen LogP contribution in [0.1, 0.15) is 22.3 Å². The Balaban J connectivity index is 2.04. The standard InChI is InChI=1S/C16H13N3O2S/c1-10(9-17)21-16(20)14-8-13-11(2)18-19(15(13)22-14)12-6-4-3-5-7-12/h3-8,10H,1-2H3/t10-/m1/s1. The van der Waals surface area contributed by atoms with E-state index in [0.29, 0.717) is 4.88 Å². The molecule has 0 unspecified atom stereocenters. The molecule has 0 saturated carbocycles. The molecule has 6 heteroatoms. The molecule has 0 bridgehead atoms. The summed E-state index contributed by atoms with van der Waals surface area (Å²) in [6, 6.07) is 13.4. The number of aryl methyl sites for hydroxylation is 1. The van der Waals surface area contributed by atoms with E-state index in [-0.39, 0.29) is 0 Å². The molecule has 0 spiro atoms.